The van der Waals surface area contributed by atoms with Crippen LogP contribution >= 0.6 is 0 Å². The number of nitrogens with zero attached hydrogens (tertiary/aromatic N) is 2. The maximum Gasteiger partial charge on any atom is 0.142 e. The summed E-state index contributed by atoms with van der Waals surface area (Å²) < 4.78 is 0. The molecule has 2 aromatic rings. The summed E-state index contributed by atoms with van der Waals surface area (Å²) in [4.78, 5) is 3.89. The number of hydrogen-bond acceptors (Lipinski definition) is 5. The highest BCUT2D eigenvalue weighted by Crippen LogP contribution is 2.22. The molecular weight excluding hydrogens is 214 g/mol. The van der Waals surface area contributed by atoms with Crippen LogP contribution in [0.2, 0.25) is 0 Å². The van der Waals surface area contributed by atoms with Gasteiger partial charge in [-0.15, -0.1) is 0 Å². The summed E-state index contributed by atoms with van der Waals surface area (Å²) in [7, 11) is 0. The molecule has 1 heterocycles. The van der Waals surface area contributed by atoms with Crippen LogP contribution in [0.3, 0.4) is 0 Å². The van der Waals surface area contributed by atoms with Crippen LogP contribution in [0.15, 0.2) is 36.5 Å². The molecule has 17 heavy (non-hydrogen) atoms. The number of pyridine rings is 1. The van der Waals surface area contributed by atoms with Gasteiger partial charge in [-0.25, -0.2) is 4.98 Å². The molecule has 5 heteroatoms. The summed E-state index contributed by atoms with van der Waals surface area (Å²) in [6.07, 6.45) is 1.57. The summed E-state index contributed by atoms with van der Waals surface area (Å²) in [5.74, 6) is 0. The predicted molar refractivity (Wildman–Crippen MR) is 67.5 cm³/mol. The fourth-order valence-corrected chi connectivity index (χ4v) is 1.39. The maximum absolute atomic E-state index is 8.73. The van der Waals surface area contributed by atoms with Crippen molar-refractivity contribution in [1.29, 1.82) is 5.26 Å². The molecule has 0 atom stereocenters. The highest BCUT2D eigenvalue weighted by atomic mass is 14.9. The number of rotatable bonds is 2. The van der Waals surface area contributed by atoms with Crippen LogP contribution < -0.4 is 16.8 Å². The third kappa shape index (κ3) is 2.44. The lowest BCUT2D eigenvalue weighted by Gasteiger charge is -2.08. The Bertz CT molecular complexity index is 586. The fraction of sp³-hybridized carbons (Fsp3) is 0. The maximum atomic E-state index is 8.73. The molecule has 0 amide bonds. The van der Waals surface area contributed by atoms with Crippen molar-refractivity contribution in [2.75, 3.05) is 16.8 Å². The summed E-state index contributed by atoms with van der Waals surface area (Å²) >= 11 is 0. The molecule has 0 fully saturated rings. The van der Waals surface area contributed by atoms with Gasteiger partial charge in [-0.3, -0.25) is 0 Å². The molecule has 0 aliphatic heterocycles. The van der Waals surface area contributed by atoms with Crippen molar-refractivity contribution in [1.82, 2.24) is 4.98 Å². The van der Waals surface area contributed by atoms with E-state index in [0.29, 0.717) is 17.1 Å². The topological polar surface area (TPSA) is 101 Å². The van der Waals surface area contributed by atoms with Crippen molar-refractivity contribution in [3.05, 3.63) is 42.2 Å². The minimum Gasteiger partial charge on any atom is -0.397 e. The average Bonchev–Trinajstić information content (AvgIpc) is 2.34. The van der Waals surface area contributed by atoms with Crippen LogP contribution in [-0.2, 0) is 0 Å². The minimum absolute atomic E-state index is 0.360. The Hall–Kier alpha value is -2.74. The van der Waals surface area contributed by atoms with Crippen LogP contribution in [0, 0.1) is 11.3 Å². The van der Waals surface area contributed by atoms with E-state index in [4.69, 9.17) is 16.7 Å². The molecular formula is C12H11N5. The van der Waals surface area contributed by atoms with Crippen LogP contribution in [-0.4, -0.2) is 4.98 Å². The van der Waals surface area contributed by atoms with Crippen molar-refractivity contribution in [2.24, 2.45) is 0 Å². The Labute approximate surface area is 98.7 Å². The van der Waals surface area contributed by atoms with Crippen molar-refractivity contribution >= 4 is 22.7 Å². The highest BCUT2D eigenvalue weighted by Gasteiger charge is 1.99. The molecule has 5 N–H and O–H groups in total. The molecule has 0 aliphatic rings. The Morgan fingerprint density at radius 3 is 2.53 bits per heavy atom. The van der Waals surface area contributed by atoms with Gasteiger partial charge in [0, 0.05) is 17.6 Å². The van der Waals surface area contributed by atoms with E-state index in [9.17, 15) is 0 Å². The normalized spacial score (nSPS) is 9.59. The van der Waals surface area contributed by atoms with Gasteiger partial charge >= 0.3 is 0 Å². The molecule has 84 valence electrons. The Morgan fingerprint density at radius 2 is 1.82 bits per heavy atom. The summed E-state index contributed by atoms with van der Waals surface area (Å²) in [5, 5.41) is 11.9. The fourth-order valence-electron chi connectivity index (χ4n) is 1.39. The first-order valence-corrected chi connectivity index (χ1v) is 4.97. The first kappa shape index (κ1) is 10.8. The van der Waals surface area contributed by atoms with Crippen molar-refractivity contribution in [3.8, 4) is 6.07 Å². The molecule has 5 nitrogen and oxygen atoms in total. The van der Waals surface area contributed by atoms with Gasteiger partial charge in [-0.05, 0) is 30.3 Å². The number of hydrogen-bond donors (Lipinski definition) is 3. The van der Waals surface area contributed by atoms with E-state index in [2.05, 4.69) is 10.3 Å². The van der Waals surface area contributed by atoms with E-state index in [-0.39, 0.29) is 0 Å². The zero-order valence-corrected chi connectivity index (χ0v) is 9.01. The summed E-state index contributed by atoms with van der Waals surface area (Å²) in [6, 6.07) is 10.7. The van der Waals surface area contributed by atoms with Crippen LogP contribution in [0.1, 0.15) is 5.69 Å². The SMILES string of the molecule is N#Cc1cc(Nc2ccc(N)c(N)c2)ccn1. The van der Waals surface area contributed by atoms with Crippen LogP contribution in [0.5, 0.6) is 0 Å². The van der Waals surface area contributed by atoms with Gasteiger partial charge in [-0.2, -0.15) is 5.26 Å². The van der Waals surface area contributed by atoms with Crippen molar-refractivity contribution < 1.29 is 0 Å². The van der Waals surface area contributed by atoms with Gasteiger partial charge in [0.25, 0.3) is 0 Å². The lowest BCUT2D eigenvalue weighted by molar-refractivity contribution is 1.26. The molecule has 0 bridgehead atoms. The molecule has 0 radical (unpaired) electrons. The molecule has 0 saturated carbocycles. The Kier molecular flexibility index (Phi) is 2.79. The Morgan fingerprint density at radius 1 is 1.06 bits per heavy atom. The second-order valence-corrected chi connectivity index (χ2v) is 3.51. The van der Waals surface area contributed by atoms with Gasteiger partial charge in [0.2, 0.25) is 0 Å². The Balaban J connectivity index is 2.25. The van der Waals surface area contributed by atoms with Crippen LogP contribution in [0.4, 0.5) is 22.7 Å². The number of anilines is 4. The monoisotopic (exact) mass is 225 g/mol. The van der Waals surface area contributed by atoms with E-state index >= 15 is 0 Å². The van der Waals surface area contributed by atoms with E-state index in [0.717, 1.165) is 11.4 Å². The average molecular weight is 225 g/mol. The van der Waals surface area contributed by atoms with Crippen molar-refractivity contribution in [2.45, 2.75) is 0 Å². The molecule has 0 aliphatic carbocycles. The number of nitrogens with one attached hydrogen (secondary N) is 1. The molecule has 2 rings (SSSR count). The number of nitriles is 1. The zero-order chi connectivity index (χ0) is 12.3. The second-order valence-electron chi connectivity index (χ2n) is 3.51. The summed E-state index contributed by atoms with van der Waals surface area (Å²) in [6.45, 7) is 0. The van der Waals surface area contributed by atoms with Gasteiger partial charge < -0.3 is 16.8 Å². The number of nitrogen functional groups attached to an aromatic ring is 2. The quantitative estimate of drug-likeness (QED) is 0.677. The molecule has 0 spiro atoms. The van der Waals surface area contributed by atoms with Gasteiger partial charge in [-0.1, -0.05) is 0 Å². The molecule has 1 aromatic heterocycles. The van der Waals surface area contributed by atoms with E-state index in [1.807, 2.05) is 12.1 Å². The van der Waals surface area contributed by atoms with E-state index in [1.165, 1.54) is 0 Å². The largest absolute Gasteiger partial charge is 0.397 e. The van der Waals surface area contributed by atoms with Crippen LogP contribution in [0.25, 0.3) is 0 Å². The van der Waals surface area contributed by atoms with E-state index < -0.39 is 0 Å². The standard InChI is InChI=1S/C12H11N5/c13-7-10-5-9(3-4-16-10)17-8-1-2-11(14)12(15)6-8/h1-6H,14-15H2,(H,16,17). The smallest absolute Gasteiger partial charge is 0.142 e. The van der Waals surface area contributed by atoms with Gasteiger partial charge in [0.05, 0.1) is 11.4 Å². The third-order valence-corrected chi connectivity index (χ3v) is 2.25. The number of benzene rings is 1. The zero-order valence-electron chi connectivity index (χ0n) is 9.01. The lowest BCUT2D eigenvalue weighted by atomic mass is 10.2. The second kappa shape index (κ2) is 4.41. The first-order chi connectivity index (χ1) is 8.19. The van der Waals surface area contributed by atoms with E-state index in [1.54, 1.807) is 30.5 Å². The first-order valence-electron chi connectivity index (χ1n) is 4.97. The highest BCUT2D eigenvalue weighted by molar-refractivity contribution is 5.72. The third-order valence-electron chi connectivity index (χ3n) is 2.25. The van der Waals surface area contributed by atoms with Gasteiger partial charge in [0.1, 0.15) is 11.8 Å². The minimum atomic E-state index is 0.360. The molecule has 0 unspecified atom stereocenters. The van der Waals surface area contributed by atoms with Crippen molar-refractivity contribution in [3.63, 3.8) is 0 Å². The predicted octanol–water partition coefficient (Wildman–Crippen LogP) is 1.86. The number of nitrogens with two attached hydrogens (primary N) is 2. The summed E-state index contributed by atoms with van der Waals surface area (Å²) in [5.41, 5.74) is 14.3. The number of aromatic nitrogens is 1. The molecule has 0 saturated heterocycles. The lowest BCUT2D eigenvalue weighted by Crippen LogP contribution is -1.97. The van der Waals surface area contributed by atoms with Gasteiger partial charge in [0.15, 0.2) is 0 Å². The molecule has 1 aromatic carbocycles.